The largest absolute Gasteiger partial charge is 0.394 e. The van der Waals surface area contributed by atoms with E-state index in [4.69, 9.17) is 23.8 Å². The maximum Gasteiger partial charge on any atom is 0.333 e. The SMILES string of the molecule is C[C@@H]1O[C@@H](OCCCC(=O)CN(CC(=O)CCCCCCC(=O)ON2C(=O)CCC2=O)CC(=O)CCCO[C@H]2O[C@H](CO)[C@@H](O)[C@H](O)[C@@H]2O)[C@@H](O)[C@H](O)[C@@H]1O. The molecule has 0 saturated carbocycles. The molecule has 3 fully saturated rings. The van der Waals surface area contributed by atoms with Crippen LogP contribution in [0.2, 0.25) is 0 Å². The van der Waals surface area contributed by atoms with E-state index in [1.807, 2.05) is 0 Å². The molecule has 55 heavy (non-hydrogen) atoms. The van der Waals surface area contributed by atoms with Crippen LogP contribution in [0.25, 0.3) is 0 Å². The molecule has 0 aromatic carbocycles. The van der Waals surface area contributed by atoms with Crippen LogP contribution >= 0.6 is 0 Å². The van der Waals surface area contributed by atoms with Crippen LogP contribution in [0, 0.1) is 0 Å². The monoisotopic (exact) mass is 792 g/mol. The van der Waals surface area contributed by atoms with Crippen molar-refractivity contribution in [1.29, 1.82) is 0 Å². The molecule has 0 aliphatic carbocycles. The lowest BCUT2D eigenvalue weighted by Gasteiger charge is -2.39. The molecule has 20 nitrogen and oxygen atoms in total. The van der Waals surface area contributed by atoms with Crippen molar-refractivity contribution in [2.75, 3.05) is 39.5 Å². The fourth-order valence-electron chi connectivity index (χ4n) is 6.20. The van der Waals surface area contributed by atoms with Gasteiger partial charge >= 0.3 is 5.97 Å². The minimum Gasteiger partial charge on any atom is -0.394 e. The lowest BCUT2D eigenvalue weighted by Crippen LogP contribution is -2.59. The van der Waals surface area contributed by atoms with Crippen LogP contribution < -0.4 is 0 Å². The molecule has 0 unspecified atom stereocenters. The highest BCUT2D eigenvalue weighted by atomic mass is 16.7. The Hall–Kier alpha value is -2.86. The number of aliphatic hydroxyl groups is 7. The van der Waals surface area contributed by atoms with Gasteiger partial charge < -0.3 is 59.5 Å². The molecular weight excluding hydrogens is 736 g/mol. The smallest absolute Gasteiger partial charge is 0.333 e. The average Bonchev–Trinajstić information content (AvgIpc) is 3.46. The van der Waals surface area contributed by atoms with Crippen molar-refractivity contribution in [2.24, 2.45) is 0 Å². The third kappa shape index (κ3) is 14.9. The second-order valence-corrected chi connectivity index (χ2v) is 14.0. The quantitative estimate of drug-likeness (QED) is 0.0362. The Kier molecular flexibility index (Phi) is 19.8. The summed E-state index contributed by atoms with van der Waals surface area (Å²) in [7, 11) is 0. The first-order valence-corrected chi connectivity index (χ1v) is 18.7. The van der Waals surface area contributed by atoms with E-state index in [0.717, 1.165) is 0 Å². The molecule has 0 radical (unpaired) electrons. The minimum absolute atomic E-state index is 0.000751. The summed E-state index contributed by atoms with van der Waals surface area (Å²) in [6.07, 6.45) is -11.0. The molecule has 0 aromatic rings. The first-order valence-electron chi connectivity index (χ1n) is 18.7. The molecule has 3 aliphatic heterocycles. The molecule has 314 valence electrons. The van der Waals surface area contributed by atoms with E-state index in [1.165, 1.54) is 11.8 Å². The zero-order valence-corrected chi connectivity index (χ0v) is 31.0. The third-order valence-electron chi connectivity index (χ3n) is 9.41. The van der Waals surface area contributed by atoms with Gasteiger partial charge in [0.05, 0.1) is 45.6 Å². The summed E-state index contributed by atoms with van der Waals surface area (Å²) in [6.45, 7) is 0.105. The van der Waals surface area contributed by atoms with E-state index in [9.17, 15) is 64.5 Å². The Morgan fingerprint density at radius 1 is 0.636 bits per heavy atom. The number of unbranched alkanes of at least 4 members (excludes halogenated alkanes) is 3. The molecule has 3 aliphatic rings. The Bertz CT molecular complexity index is 1270. The fourth-order valence-corrected chi connectivity index (χ4v) is 6.20. The highest BCUT2D eigenvalue weighted by Crippen LogP contribution is 2.23. The van der Waals surface area contributed by atoms with Crippen LogP contribution in [-0.4, -0.2) is 182 Å². The van der Waals surface area contributed by atoms with E-state index in [2.05, 4.69) is 0 Å². The average molecular weight is 793 g/mol. The number of aliphatic hydroxyl groups excluding tert-OH is 7. The number of ketones is 3. The summed E-state index contributed by atoms with van der Waals surface area (Å²) in [5, 5.41) is 69.7. The molecule has 2 amide bonds. The van der Waals surface area contributed by atoms with E-state index < -0.39 is 85.8 Å². The highest BCUT2D eigenvalue weighted by molar-refractivity contribution is 6.01. The first-order chi connectivity index (χ1) is 26.1. The maximum atomic E-state index is 12.9. The molecule has 3 saturated heterocycles. The Balaban J connectivity index is 1.42. The molecule has 3 heterocycles. The number of nitrogens with zero attached hydrogens (tertiary/aromatic N) is 2. The number of hydrogen-bond acceptors (Lipinski definition) is 19. The third-order valence-corrected chi connectivity index (χ3v) is 9.41. The summed E-state index contributed by atoms with van der Waals surface area (Å²) in [4.78, 5) is 80.2. The number of hydrogen-bond donors (Lipinski definition) is 7. The summed E-state index contributed by atoms with van der Waals surface area (Å²) in [5.41, 5.74) is 0. The van der Waals surface area contributed by atoms with Crippen molar-refractivity contribution in [2.45, 2.75) is 145 Å². The summed E-state index contributed by atoms with van der Waals surface area (Å²) < 4.78 is 21.6. The van der Waals surface area contributed by atoms with Gasteiger partial charge in [-0.2, -0.15) is 0 Å². The van der Waals surface area contributed by atoms with E-state index in [1.54, 1.807) is 0 Å². The fraction of sp³-hybridized carbons (Fsp3) is 0.829. The zero-order chi connectivity index (χ0) is 40.7. The summed E-state index contributed by atoms with van der Waals surface area (Å²) >= 11 is 0. The molecule has 0 bridgehead atoms. The molecule has 10 atom stereocenters. The van der Waals surface area contributed by atoms with Gasteiger partial charge in [-0.25, -0.2) is 4.79 Å². The number of Topliss-reactive ketones (excluding diaryl/α,β-unsaturated/α-hetero) is 3. The second-order valence-electron chi connectivity index (χ2n) is 14.0. The van der Waals surface area contributed by atoms with Gasteiger partial charge in [-0.15, -0.1) is 5.06 Å². The van der Waals surface area contributed by atoms with Crippen LogP contribution in [0.1, 0.15) is 84.0 Å². The lowest BCUT2D eigenvalue weighted by atomic mass is 9.99. The van der Waals surface area contributed by atoms with E-state index in [0.29, 0.717) is 30.7 Å². The topological polar surface area (TPSA) is 297 Å². The van der Waals surface area contributed by atoms with Gasteiger partial charge in [0.2, 0.25) is 0 Å². The van der Waals surface area contributed by atoms with Crippen molar-refractivity contribution in [3.63, 3.8) is 0 Å². The number of carbonyl (C=O) groups excluding carboxylic acids is 6. The number of imide groups is 1. The molecule has 0 spiro atoms. The molecule has 3 rings (SSSR count). The molecular formula is C35H56N2O18. The van der Waals surface area contributed by atoms with Gasteiger partial charge in [0.1, 0.15) is 60.1 Å². The number of amides is 2. The second kappa shape index (κ2) is 23.4. The van der Waals surface area contributed by atoms with Gasteiger partial charge in [0.25, 0.3) is 11.8 Å². The van der Waals surface area contributed by atoms with E-state index >= 15 is 0 Å². The maximum absolute atomic E-state index is 12.9. The van der Waals surface area contributed by atoms with Gasteiger partial charge in [0.15, 0.2) is 12.6 Å². The van der Waals surface area contributed by atoms with Crippen LogP contribution in [0.3, 0.4) is 0 Å². The van der Waals surface area contributed by atoms with Crippen LogP contribution in [0.4, 0.5) is 0 Å². The zero-order valence-electron chi connectivity index (χ0n) is 31.0. The van der Waals surface area contributed by atoms with Gasteiger partial charge in [-0.05, 0) is 32.6 Å². The highest BCUT2D eigenvalue weighted by Gasteiger charge is 2.44. The Morgan fingerprint density at radius 3 is 1.60 bits per heavy atom. The van der Waals surface area contributed by atoms with Gasteiger partial charge in [0, 0.05) is 38.5 Å². The first kappa shape index (κ1) is 46.5. The summed E-state index contributed by atoms with van der Waals surface area (Å²) in [5.74, 6) is -2.66. The number of hydroxylamine groups is 2. The molecule has 20 heteroatoms. The normalized spacial score (nSPS) is 29.9. The van der Waals surface area contributed by atoms with Crippen LogP contribution in [0.5, 0.6) is 0 Å². The number of carbonyl (C=O) groups is 6. The number of rotatable bonds is 25. The van der Waals surface area contributed by atoms with Crippen molar-refractivity contribution < 1.29 is 88.3 Å². The summed E-state index contributed by atoms with van der Waals surface area (Å²) in [6, 6.07) is 0. The molecule has 7 N–H and O–H groups in total. The Morgan fingerprint density at radius 2 is 1.09 bits per heavy atom. The predicted molar refractivity (Wildman–Crippen MR) is 183 cm³/mol. The van der Waals surface area contributed by atoms with Crippen LogP contribution in [-0.2, 0) is 52.6 Å². The lowest BCUT2D eigenvalue weighted by molar-refractivity contribution is -0.301. The number of ether oxygens (including phenoxy) is 4. The van der Waals surface area contributed by atoms with Crippen molar-refractivity contribution in [3.05, 3.63) is 0 Å². The van der Waals surface area contributed by atoms with Crippen molar-refractivity contribution in [3.8, 4) is 0 Å². The van der Waals surface area contributed by atoms with Crippen LogP contribution in [0.15, 0.2) is 0 Å². The Labute approximate surface area is 318 Å². The van der Waals surface area contributed by atoms with Crippen molar-refractivity contribution >= 4 is 35.1 Å². The molecule has 0 aromatic heterocycles. The van der Waals surface area contributed by atoms with E-state index in [-0.39, 0.29) is 102 Å². The van der Waals surface area contributed by atoms with Gasteiger partial charge in [-0.3, -0.25) is 28.9 Å². The van der Waals surface area contributed by atoms with Gasteiger partial charge in [-0.1, -0.05) is 12.8 Å². The minimum atomic E-state index is -1.62. The predicted octanol–water partition coefficient (Wildman–Crippen LogP) is -2.84. The standard InChI is InChI=1S/C35H56N2O18/c1-20-28(45)30(47)32(49)34(53-20)51-14-6-9-22(40)17-36(18-23(41)10-7-15-52-35-33(50)31(48)29(46)24(19-38)54-35)16-21(39)8-4-2-3-5-11-27(44)55-37-25(42)12-13-26(37)43/h20,24,28-35,38,45-50H,2-19H2,1H3/t20-,24+,28+,29+,30+,31-,32-,33-,34+,35-/m0/s1. The van der Waals surface area contributed by atoms with Crippen molar-refractivity contribution in [1.82, 2.24) is 9.96 Å².